The molecule has 0 saturated carbocycles. The van der Waals surface area contributed by atoms with Gasteiger partial charge in [0, 0.05) is 36.3 Å². The molecule has 0 radical (unpaired) electrons. The number of amides is 1. The number of hydrogen-bond donors (Lipinski definition) is 2. The van der Waals surface area contributed by atoms with E-state index in [1.807, 2.05) is 24.3 Å². The van der Waals surface area contributed by atoms with Crippen molar-refractivity contribution >= 4 is 54.0 Å². The number of hydrogen-bond acceptors (Lipinski definition) is 7. The van der Waals surface area contributed by atoms with E-state index in [9.17, 15) is 18.3 Å². The lowest BCUT2D eigenvalue weighted by Gasteiger charge is -2.39. The Labute approximate surface area is 224 Å². The Bertz CT molecular complexity index is 1560. The topological polar surface area (TPSA) is 99.6 Å². The van der Waals surface area contributed by atoms with Crippen LogP contribution in [0, 0.1) is 0 Å². The van der Waals surface area contributed by atoms with Crippen molar-refractivity contribution in [1.82, 2.24) is 9.88 Å². The molecule has 2 heterocycles. The van der Waals surface area contributed by atoms with Gasteiger partial charge in [-0.05, 0) is 48.7 Å². The molecule has 1 saturated heterocycles. The second kappa shape index (κ2) is 10.1. The molecule has 1 aliphatic heterocycles. The van der Waals surface area contributed by atoms with E-state index in [1.165, 1.54) is 11.3 Å². The zero-order valence-electron chi connectivity index (χ0n) is 20.1. The first-order chi connectivity index (χ1) is 17.7. The summed E-state index contributed by atoms with van der Waals surface area (Å²) < 4.78 is 27.2. The molecule has 1 aromatic heterocycles. The Morgan fingerprint density at radius 3 is 2.46 bits per heavy atom. The van der Waals surface area contributed by atoms with Crippen molar-refractivity contribution in [2.24, 2.45) is 0 Å². The minimum absolute atomic E-state index is 0.151. The highest BCUT2D eigenvalue weighted by atomic mass is 35.5. The first-order valence-electron chi connectivity index (χ1n) is 11.9. The molecule has 0 aliphatic carbocycles. The summed E-state index contributed by atoms with van der Waals surface area (Å²) in [6.45, 7) is 0.784. The van der Waals surface area contributed by atoms with E-state index < -0.39 is 15.4 Å². The number of carbonyl (C=O) groups is 1. The predicted octanol–water partition coefficient (Wildman–Crippen LogP) is 5.09. The molecule has 1 fully saturated rings. The zero-order valence-corrected chi connectivity index (χ0v) is 22.5. The number of thiazole rings is 1. The fourth-order valence-electron chi connectivity index (χ4n) is 4.69. The van der Waals surface area contributed by atoms with Gasteiger partial charge in [-0.3, -0.25) is 4.79 Å². The third-order valence-electron chi connectivity index (χ3n) is 6.74. The standard InChI is InChI=1S/C27H26ClN3O4S2/c1-29-26-30-24-22(36-26)7-4-8-23(24)37(34,35)17-18-9-11-19(12-10-18)25(32)31-15-13-27(33,14-16-31)20-5-2-3-6-21(20)28/h2-12,33H,13-17H2,1H3,(H,29,30). The second-order valence-electron chi connectivity index (χ2n) is 9.13. The van der Waals surface area contributed by atoms with Crippen molar-refractivity contribution < 1.29 is 18.3 Å². The molecule has 37 heavy (non-hydrogen) atoms. The van der Waals surface area contributed by atoms with Crippen molar-refractivity contribution in [2.75, 3.05) is 25.5 Å². The van der Waals surface area contributed by atoms with Crippen molar-refractivity contribution in [2.45, 2.75) is 29.1 Å². The third kappa shape index (κ3) is 5.09. The summed E-state index contributed by atoms with van der Waals surface area (Å²) >= 11 is 7.69. The zero-order chi connectivity index (χ0) is 26.2. The van der Waals surface area contributed by atoms with Crippen LogP contribution in [0.3, 0.4) is 0 Å². The first-order valence-corrected chi connectivity index (χ1v) is 14.7. The number of nitrogens with one attached hydrogen (secondary N) is 1. The number of carbonyl (C=O) groups excluding carboxylic acids is 1. The smallest absolute Gasteiger partial charge is 0.253 e. The Morgan fingerprint density at radius 1 is 1.08 bits per heavy atom. The minimum Gasteiger partial charge on any atom is -0.385 e. The van der Waals surface area contributed by atoms with Gasteiger partial charge in [0.2, 0.25) is 0 Å². The van der Waals surface area contributed by atoms with Crippen molar-refractivity contribution in [3.63, 3.8) is 0 Å². The molecule has 0 atom stereocenters. The van der Waals surface area contributed by atoms with Crippen molar-refractivity contribution in [3.8, 4) is 0 Å². The number of rotatable bonds is 6. The molecule has 192 valence electrons. The van der Waals surface area contributed by atoms with Crippen LogP contribution in [0.2, 0.25) is 5.02 Å². The lowest BCUT2D eigenvalue weighted by Crippen LogP contribution is -2.45. The minimum atomic E-state index is -3.65. The van der Waals surface area contributed by atoms with Gasteiger partial charge < -0.3 is 15.3 Å². The number of likely N-dealkylation sites (tertiary alicyclic amines) is 1. The lowest BCUT2D eigenvalue weighted by molar-refractivity contribution is -0.0210. The number of benzene rings is 3. The number of nitrogens with zero attached hydrogens (tertiary/aromatic N) is 2. The summed E-state index contributed by atoms with van der Waals surface area (Å²) in [5.74, 6) is -0.343. The van der Waals surface area contributed by atoms with Gasteiger partial charge in [-0.25, -0.2) is 13.4 Å². The number of anilines is 1. The highest BCUT2D eigenvalue weighted by Crippen LogP contribution is 2.37. The maximum atomic E-state index is 13.2. The third-order valence-corrected chi connectivity index (χ3v) is 9.82. The van der Waals surface area contributed by atoms with Gasteiger partial charge in [-0.2, -0.15) is 0 Å². The van der Waals surface area contributed by atoms with Crippen LogP contribution in [0.25, 0.3) is 10.2 Å². The average molecular weight is 556 g/mol. The molecule has 1 aliphatic rings. The number of halogens is 1. The van der Waals surface area contributed by atoms with Gasteiger partial charge in [-0.1, -0.05) is 59.3 Å². The van der Waals surface area contributed by atoms with Gasteiger partial charge in [0.25, 0.3) is 5.91 Å². The van der Waals surface area contributed by atoms with E-state index in [1.54, 1.807) is 54.4 Å². The first kappa shape index (κ1) is 25.7. The largest absolute Gasteiger partial charge is 0.385 e. The van der Waals surface area contributed by atoms with E-state index in [2.05, 4.69) is 10.3 Å². The number of sulfone groups is 1. The van der Waals surface area contributed by atoms with Gasteiger partial charge >= 0.3 is 0 Å². The predicted molar refractivity (Wildman–Crippen MR) is 147 cm³/mol. The van der Waals surface area contributed by atoms with Gasteiger partial charge in [0.1, 0.15) is 5.52 Å². The Balaban J connectivity index is 1.27. The van der Waals surface area contributed by atoms with Crippen LogP contribution in [-0.2, 0) is 21.2 Å². The van der Waals surface area contributed by atoms with Gasteiger partial charge in [0.05, 0.1) is 20.9 Å². The van der Waals surface area contributed by atoms with E-state index >= 15 is 0 Å². The number of piperidine rings is 1. The number of fused-ring (bicyclic) bond motifs is 1. The van der Waals surface area contributed by atoms with Crippen LogP contribution in [0.5, 0.6) is 0 Å². The average Bonchev–Trinajstić information content (AvgIpc) is 3.33. The number of aliphatic hydroxyl groups is 1. The monoisotopic (exact) mass is 555 g/mol. The summed E-state index contributed by atoms with van der Waals surface area (Å²) in [5.41, 5.74) is 1.14. The normalized spacial score (nSPS) is 15.6. The molecular weight excluding hydrogens is 530 g/mol. The summed E-state index contributed by atoms with van der Waals surface area (Å²) in [6.07, 6.45) is 0.770. The molecule has 7 nitrogen and oxygen atoms in total. The Kier molecular flexibility index (Phi) is 6.97. The summed E-state index contributed by atoms with van der Waals surface area (Å²) in [7, 11) is -1.90. The van der Waals surface area contributed by atoms with Crippen LogP contribution in [0.1, 0.15) is 34.3 Å². The van der Waals surface area contributed by atoms with Crippen molar-refractivity contribution in [3.05, 3.63) is 88.4 Å². The number of aromatic nitrogens is 1. The molecule has 0 bridgehead atoms. The lowest BCUT2D eigenvalue weighted by atomic mass is 9.84. The maximum Gasteiger partial charge on any atom is 0.253 e. The van der Waals surface area contributed by atoms with Crippen LogP contribution in [0.4, 0.5) is 5.13 Å². The van der Waals surface area contributed by atoms with E-state index in [0.717, 1.165) is 4.70 Å². The van der Waals surface area contributed by atoms with E-state index in [-0.39, 0.29) is 16.6 Å². The summed E-state index contributed by atoms with van der Waals surface area (Å²) in [4.78, 5) is 19.4. The SMILES string of the molecule is CNc1nc2c(S(=O)(=O)Cc3ccc(C(=O)N4CCC(O)(c5ccccc5Cl)CC4)cc3)cccc2s1. The molecule has 0 spiro atoms. The molecule has 10 heteroatoms. The highest BCUT2D eigenvalue weighted by Gasteiger charge is 2.37. The summed E-state index contributed by atoms with van der Waals surface area (Å²) in [5, 5.41) is 15.3. The van der Waals surface area contributed by atoms with Crippen LogP contribution < -0.4 is 5.32 Å². The molecule has 4 aromatic rings. The fraction of sp³-hybridized carbons (Fsp3) is 0.259. The van der Waals surface area contributed by atoms with Gasteiger partial charge in [0.15, 0.2) is 15.0 Å². The molecule has 0 unspecified atom stereocenters. The van der Waals surface area contributed by atoms with Crippen molar-refractivity contribution in [1.29, 1.82) is 0 Å². The maximum absolute atomic E-state index is 13.2. The number of para-hydroxylation sites is 1. The molecular formula is C27H26ClN3O4S2. The molecule has 3 aromatic carbocycles. The molecule has 1 amide bonds. The van der Waals surface area contributed by atoms with Gasteiger partial charge in [-0.15, -0.1) is 0 Å². The summed E-state index contributed by atoms with van der Waals surface area (Å²) in [6, 6.07) is 19.1. The van der Waals surface area contributed by atoms with Crippen LogP contribution >= 0.6 is 22.9 Å². The fourth-order valence-corrected chi connectivity index (χ4v) is 7.44. The Hall–Kier alpha value is -2.98. The van der Waals surface area contributed by atoms with E-state index in [0.29, 0.717) is 58.3 Å². The van der Waals surface area contributed by atoms with Crippen LogP contribution in [-0.4, -0.2) is 49.5 Å². The van der Waals surface area contributed by atoms with Crippen LogP contribution in [0.15, 0.2) is 71.6 Å². The molecule has 5 rings (SSSR count). The second-order valence-corrected chi connectivity index (χ2v) is 12.5. The molecule has 2 N–H and O–H groups in total. The van der Waals surface area contributed by atoms with E-state index in [4.69, 9.17) is 11.6 Å². The Morgan fingerprint density at radius 2 is 1.78 bits per heavy atom. The quantitative estimate of drug-likeness (QED) is 0.344. The highest BCUT2D eigenvalue weighted by molar-refractivity contribution is 7.90.